The molecule has 0 spiro atoms. The molecule has 0 N–H and O–H groups in total. The van der Waals surface area contributed by atoms with Crippen LogP contribution in [0.25, 0.3) is 0 Å². The molecule has 2 atom stereocenters. The van der Waals surface area contributed by atoms with Gasteiger partial charge >= 0.3 is 0 Å². The van der Waals surface area contributed by atoms with Crippen LogP contribution < -0.4 is 0 Å². The van der Waals surface area contributed by atoms with Crippen LogP contribution >= 0.6 is 0 Å². The quantitative estimate of drug-likeness (QED) is 0.783. The van der Waals surface area contributed by atoms with Gasteiger partial charge in [0.1, 0.15) is 0 Å². The van der Waals surface area contributed by atoms with Crippen LogP contribution in [0.1, 0.15) is 36.7 Å². The summed E-state index contributed by atoms with van der Waals surface area (Å²) in [6.07, 6.45) is 3.63. The van der Waals surface area contributed by atoms with Gasteiger partial charge in [-0.3, -0.25) is 4.68 Å². The first-order valence-electron chi connectivity index (χ1n) is 5.53. The van der Waals surface area contributed by atoms with Crippen LogP contribution in [0.4, 0.5) is 0 Å². The van der Waals surface area contributed by atoms with Crippen LogP contribution in [0.5, 0.6) is 0 Å². The van der Waals surface area contributed by atoms with E-state index in [4.69, 9.17) is 4.52 Å². The molecule has 0 amide bonds. The van der Waals surface area contributed by atoms with Gasteiger partial charge in [-0.1, -0.05) is 12.1 Å². The third-order valence-corrected chi connectivity index (χ3v) is 3.17. The van der Waals surface area contributed by atoms with Crippen LogP contribution in [0.15, 0.2) is 16.8 Å². The standard InChI is InChI=1S/C11H14N4O/c1-7-5-9(7)11-13-10(14-16-11)6-8-3-4-12-15(8)2/h3-4,7,9H,5-6H2,1-2H3/t7-,9+/m1/s1. The van der Waals surface area contributed by atoms with Crippen molar-refractivity contribution < 1.29 is 4.52 Å². The highest BCUT2D eigenvalue weighted by Gasteiger charge is 2.38. The van der Waals surface area contributed by atoms with E-state index in [1.807, 2.05) is 17.8 Å². The van der Waals surface area contributed by atoms with Gasteiger partial charge in [-0.15, -0.1) is 0 Å². The minimum Gasteiger partial charge on any atom is -0.339 e. The third-order valence-electron chi connectivity index (χ3n) is 3.17. The van der Waals surface area contributed by atoms with Crippen molar-refractivity contribution in [2.45, 2.75) is 25.7 Å². The smallest absolute Gasteiger partial charge is 0.230 e. The van der Waals surface area contributed by atoms with Crippen molar-refractivity contribution >= 4 is 0 Å². The fraction of sp³-hybridized carbons (Fsp3) is 0.545. The molecule has 1 saturated carbocycles. The Morgan fingerprint density at radius 3 is 3.00 bits per heavy atom. The van der Waals surface area contributed by atoms with Crippen molar-refractivity contribution in [2.75, 3.05) is 0 Å². The molecular weight excluding hydrogens is 204 g/mol. The zero-order chi connectivity index (χ0) is 11.1. The van der Waals surface area contributed by atoms with Crippen molar-refractivity contribution in [3.05, 3.63) is 29.7 Å². The van der Waals surface area contributed by atoms with Gasteiger partial charge < -0.3 is 4.52 Å². The molecule has 16 heavy (non-hydrogen) atoms. The minimum atomic E-state index is 0.493. The summed E-state index contributed by atoms with van der Waals surface area (Å²) in [6.45, 7) is 2.20. The summed E-state index contributed by atoms with van der Waals surface area (Å²) < 4.78 is 7.09. The zero-order valence-corrected chi connectivity index (χ0v) is 9.42. The topological polar surface area (TPSA) is 56.7 Å². The van der Waals surface area contributed by atoms with E-state index in [2.05, 4.69) is 22.2 Å². The third kappa shape index (κ3) is 1.62. The number of aryl methyl sites for hydroxylation is 1. The van der Waals surface area contributed by atoms with Gasteiger partial charge in [0.05, 0.1) is 6.42 Å². The van der Waals surface area contributed by atoms with E-state index in [0.29, 0.717) is 18.3 Å². The van der Waals surface area contributed by atoms with Gasteiger partial charge in [0, 0.05) is 24.9 Å². The summed E-state index contributed by atoms with van der Waals surface area (Å²) in [5.74, 6) is 2.74. The highest BCUT2D eigenvalue weighted by atomic mass is 16.5. The largest absolute Gasteiger partial charge is 0.339 e. The lowest BCUT2D eigenvalue weighted by Gasteiger charge is -1.95. The second-order valence-electron chi connectivity index (χ2n) is 4.49. The van der Waals surface area contributed by atoms with E-state index in [1.165, 1.54) is 6.42 Å². The Labute approximate surface area is 93.5 Å². The first kappa shape index (κ1) is 9.57. The molecule has 3 rings (SSSR count). The number of hydrogen-bond acceptors (Lipinski definition) is 4. The molecular formula is C11H14N4O. The highest BCUT2D eigenvalue weighted by molar-refractivity contribution is 5.10. The lowest BCUT2D eigenvalue weighted by atomic mass is 10.3. The molecule has 1 aliphatic carbocycles. The molecule has 0 saturated heterocycles. The predicted octanol–water partition coefficient (Wildman–Crippen LogP) is 1.52. The molecule has 0 aromatic carbocycles. The number of nitrogens with zero attached hydrogens (tertiary/aromatic N) is 4. The van der Waals surface area contributed by atoms with Crippen molar-refractivity contribution in [3.63, 3.8) is 0 Å². The van der Waals surface area contributed by atoms with E-state index in [-0.39, 0.29) is 0 Å². The average Bonchev–Trinajstić information content (AvgIpc) is 2.67. The summed E-state index contributed by atoms with van der Waals surface area (Å²) in [7, 11) is 1.92. The Bertz CT molecular complexity index is 502. The average molecular weight is 218 g/mol. The summed E-state index contributed by atoms with van der Waals surface area (Å²) in [5.41, 5.74) is 1.09. The van der Waals surface area contributed by atoms with Crippen molar-refractivity contribution in [2.24, 2.45) is 13.0 Å². The Morgan fingerprint density at radius 1 is 1.56 bits per heavy atom. The lowest BCUT2D eigenvalue weighted by molar-refractivity contribution is 0.371. The molecule has 1 aliphatic rings. The molecule has 2 aromatic heterocycles. The maximum atomic E-state index is 5.26. The summed E-state index contributed by atoms with van der Waals surface area (Å²) in [5, 5.41) is 8.11. The molecule has 5 nitrogen and oxygen atoms in total. The Morgan fingerprint density at radius 2 is 2.38 bits per heavy atom. The summed E-state index contributed by atoms with van der Waals surface area (Å²) in [6, 6.07) is 1.97. The predicted molar refractivity (Wildman–Crippen MR) is 56.8 cm³/mol. The first-order chi connectivity index (χ1) is 7.74. The van der Waals surface area contributed by atoms with Gasteiger partial charge in [0.25, 0.3) is 0 Å². The number of aromatic nitrogens is 4. The van der Waals surface area contributed by atoms with E-state index >= 15 is 0 Å². The van der Waals surface area contributed by atoms with E-state index in [1.54, 1.807) is 6.20 Å². The molecule has 84 valence electrons. The van der Waals surface area contributed by atoms with Gasteiger partial charge in [0.2, 0.25) is 5.89 Å². The molecule has 0 radical (unpaired) electrons. The second kappa shape index (κ2) is 3.43. The molecule has 5 heteroatoms. The van der Waals surface area contributed by atoms with Crippen LogP contribution in [0.2, 0.25) is 0 Å². The van der Waals surface area contributed by atoms with Crippen LogP contribution in [-0.4, -0.2) is 19.9 Å². The number of rotatable bonds is 3. The summed E-state index contributed by atoms with van der Waals surface area (Å²) >= 11 is 0. The van der Waals surface area contributed by atoms with Crippen molar-refractivity contribution in [3.8, 4) is 0 Å². The first-order valence-corrected chi connectivity index (χ1v) is 5.53. The Balaban J connectivity index is 1.76. The van der Waals surface area contributed by atoms with E-state index < -0.39 is 0 Å². The van der Waals surface area contributed by atoms with Gasteiger partial charge in [-0.25, -0.2) is 0 Å². The molecule has 0 aliphatic heterocycles. The summed E-state index contributed by atoms with van der Waals surface area (Å²) in [4.78, 5) is 4.42. The fourth-order valence-corrected chi connectivity index (χ4v) is 1.89. The van der Waals surface area contributed by atoms with Gasteiger partial charge in [0.15, 0.2) is 5.82 Å². The maximum Gasteiger partial charge on any atom is 0.230 e. The fourth-order valence-electron chi connectivity index (χ4n) is 1.89. The second-order valence-corrected chi connectivity index (χ2v) is 4.49. The molecule has 1 fully saturated rings. The Hall–Kier alpha value is -1.65. The molecule has 0 bridgehead atoms. The van der Waals surface area contributed by atoms with Crippen LogP contribution in [-0.2, 0) is 13.5 Å². The molecule has 2 aromatic rings. The molecule has 0 unspecified atom stereocenters. The van der Waals surface area contributed by atoms with Crippen molar-refractivity contribution in [1.82, 2.24) is 19.9 Å². The minimum absolute atomic E-state index is 0.493. The van der Waals surface area contributed by atoms with Crippen LogP contribution in [0, 0.1) is 5.92 Å². The molecule has 2 heterocycles. The number of hydrogen-bond donors (Lipinski definition) is 0. The monoisotopic (exact) mass is 218 g/mol. The lowest BCUT2D eigenvalue weighted by Crippen LogP contribution is -2.00. The Kier molecular flexibility index (Phi) is 2.05. The van der Waals surface area contributed by atoms with Gasteiger partial charge in [-0.05, 0) is 18.4 Å². The SMILES string of the molecule is C[C@@H]1C[C@@H]1c1nc(Cc2ccnn2C)no1. The zero-order valence-electron chi connectivity index (χ0n) is 9.42. The van der Waals surface area contributed by atoms with E-state index in [0.717, 1.165) is 17.4 Å². The normalized spacial score (nSPS) is 23.6. The van der Waals surface area contributed by atoms with E-state index in [9.17, 15) is 0 Å². The van der Waals surface area contributed by atoms with Crippen molar-refractivity contribution in [1.29, 1.82) is 0 Å². The van der Waals surface area contributed by atoms with Gasteiger partial charge in [-0.2, -0.15) is 10.1 Å². The van der Waals surface area contributed by atoms with Crippen LogP contribution in [0.3, 0.4) is 0 Å². The maximum absolute atomic E-state index is 5.26. The highest BCUT2D eigenvalue weighted by Crippen LogP contribution is 2.45.